The predicted octanol–water partition coefficient (Wildman–Crippen LogP) is 6.43. The van der Waals surface area contributed by atoms with Crippen molar-refractivity contribution in [1.29, 1.82) is 5.26 Å². The van der Waals surface area contributed by atoms with Gasteiger partial charge in [0.25, 0.3) is 5.69 Å². The molecular weight excluding hydrogens is 479 g/mol. The van der Waals surface area contributed by atoms with Crippen molar-refractivity contribution in [2.75, 3.05) is 7.11 Å². The summed E-state index contributed by atoms with van der Waals surface area (Å²) in [4.78, 5) is 18.0. The first-order valence-corrected chi connectivity index (χ1v) is 10.6. The second kappa shape index (κ2) is 9.83. The maximum absolute atomic E-state index is 10.9. The molecule has 0 atom stereocenters. The number of ether oxygens (including phenoxy) is 2. The van der Waals surface area contributed by atoms with Gasteiger partial charge in [-0.2, -0.15) is 5.26 Å². The van der Waals surface area contributed by atoms with Gasteiger partial charge in [-0.15, -0.1) is 0 Å². The predicted molar refractivity (Wildman–Crippen MR) is 130 cm³/mol. The fourth-order valence-corrected chi connectivity index (χ4v) is 3.89. The minimum atomic E-state index is -0.476. The van der Waals surface area contributed by atoms with Crippen LogP contribution in [0.1, 0.15) is 17.0 Å². The Bertz CT molecular complexity index is 1450. The number of allylic oxidation sites excluding steroid dienone is 1. The Morgan fingerprint density at radius 2 is 1.97 bits per heavy atom. The summed E-state index contributed by atoms with van der Waals surface area (Å²) in [7, 11) is 1.57. The van der Waals surface area contributed by atoms with Crippen molar-refractivity contribution in [3.8, 4) is 17.6 Å². The summed E-state index contributed by atoms with van der Waals surface area (Å²) in [5.74, 6) is 1.30. The largest absolute Gasteiger partial charge is 0.497 e. The van der Waals surface area contributed by atoms with E-state index in [2.05, 4.69) is 16.0 Å². The summed E-state index contributed by atoms with van der Waals surface area (Å²) in [6.45, 7) is 0.0438. The SMILES string of the molecule is COc1ccc2nc(/C(C#N)=C\c3cc(Cl)c(OCc4cccc([N+](=O)[O-])c4)c(Cl)c3)[nH]c2c1. The molecule has 0 saturated heterocycles. The summed E-state index contributed by atoms with van der Waals surface area (Å²) in [6, 6.07) is 16.8. The standard InChI is InChI=1S/C24H16Cl2N4O4/c1-33-18-5-6-21-22(11-18)29-24(28-21)16(12-27)7-15-9-19(25)23(20(26)10-15)34-13-14-3-2-4-17(8-14)30(31)32/h2-11H,13H2,1H3,(H,28,29)/b16-7-. The van der Waals surface area contributed by atoms with Crippen LogP contribution in [0.15, 0.2) is 54.6 Å². The fourth-order valence-electron chi connectivity index (χ4n) is 3.28. The third-order valence-corrected chi connectivity index (χ3v) is 5.46. The molecule has 0 amide bonds. The van der Waals surface area contributed by atoms with Crippen molar-refractivity contribution in [2.45, 2.75) is 6.61 Å². The first kappa shape index (κ1) is 23.1. The molecule has 10 heteroatoms. The van der Waals surface area contributed by atoms with Crippen LogP contribution in [0.2, 0.25) is 10.0 Å². The number of aromatic nitrogens is 2. The number of fused-ring (bicyclic) bond motifs is 1. The van der Waals surface area contributed by atoms with Gasteiger partial charge in [-0.1, -0.05) is 35.3 Å². The lowest BCUT2D eigenvalue weighted by Crippen LogP contribution is -1.98. The molecule has 0 saturated carbocycles. The maximum atomic E-state index is 10.9. The number of nitriles is 1. The quantitative estimate of drug-likeness (QED) is 0.180. The smallest absolute Gasteiger partial charge is 0.269 e. The van der Waals surface area contributed by atoms with Gasteiger partial charge in [0.05, 0.1) is 38.7 Å². The average Bonchev–Trinajstić information content (AvgIpc) is 3.25. The highest BCUT2D eigenvalue weighted by atomic mass is 35.5. The number of hydrogen-bond donors (Lipinski definition) is 1. The molecule has 3 aromatic carbocycles. The number of hydrogen-bond acceptors (Lipinski definition) is 6. The number of non-ortho nitro benzene ring substituents is 1. The highest BCUT2D eigenvalue weighted by molar-refractivity contribution is 6.37. The third-order valence-electron chi connectivity index (χ3n) is 4.90. The van der Waals surface area contributed by atoms with Gasteiger partial charge >= 0.3 is 0 Å². The molecule has 0 fully saturated rings. The van der Waals surface area contributed by atoms with Crippen LogP contribution >= 0.6 is 23.2 Å². The van der Waals surface area contributed by atoms with Crippen molar-refractivity contribution < 1.29 is 14.4 Å². The first-order valence-electron chi connectivity index (χ1n) is 9.89. The molecule has 8 nitrogen and oxygen atoms in total. The van der Waals surface area contributed by atoms with E-state index in [4.69, 9.17) is 32.7 Å². The van der Waals surface area contributed by atoms with E-state index in [1.54, 1.807) is 55.7 Å². The Kier molecular flexibility index (Phi) is 6.68. The van der Waals surface area contributed by atoms with Crippen LogP contribution < -0.4 is 9.47 Å². The van der Waals surface area contributed by atoms with Crippen LogP contribution in [0.3, 0.4) is 0 Å². The highest BCUT2D eigenvalue weighted by Crippen LogP contribution is 2.36. The van der Waals surface area contributed by atoms with Gasteiger partial charge in [-0.05, 0) is 41.5 Å². The lowest BCUT2D eigenvalue weighted by atomic mass is 10.1. The number of nitrogens with zero attached hydrogens (tertiary/aromatic N) is 3. The molecule has 0 aliphatic heterocycles. The first-order chi connectivity index (χ1) is 16.4. The molecule has 0 bridgehead atoms. The molecule has 4 rings (SSSR count). The molecular formula is C24H16Cl2N4O4. The van der Waals surface area contributed by atoms with Crippen LogP contribution in [-0.4, -0.2) is 22.0 Å². The molecule has 1 aromatic heterocycles. The zero-order chi connectivity index (χ0) is 24.2. The Labute approximate surface area is 204 Å². The summed E-state index contributed by atoms with van der Waals surface area (Å²) < 4.78 is 10.9. The minimum Gasteiger partial charge on any atom is -0.497 e. The number of nitro groups is 1. The third kappa shape index (κ3) is 4.96. The lowest BCUT2D eigenvalue weighted by Gasteiger charge is -2.11. The minimum absolute atomic E-state index is 0.0353. The number of rotatable bonds is 7. The molecule has 34 heavy (non-hydrogen) atoms. The molecule has 0 unspecified atom stereocenters. The monoisotopic (exact) mass is 494 g/mol. The number of imidazole rings is 1. The van der Waals surface area contributed by atoms with Gasteiger partial charge in [-0.25, -0.2) is 4.98 Å². The molecule has 0 radical (unpaired) electrons. The second-order valence-corrected chi connectivity index (χ2v) is 7.98. The van der Waals surface area contributed by atoms with Gasteiger partial charge in [-0.3, -0.25) is 10.1 Å². The van der Waals surface area contributed by atoms with Crippen LogP contribution in [0.25, 0.3) is 22.7 Å². The number of H-pyrrole nitrogens is 1. The normalized spacial score (nSPS) is 11.3. The molecule has 1 N–H and O–H groups in total. The van der Waals surface area contributed by atoms with Gasteiger partial charge in [0.15, 0.2) is 5.75 Å². The van der Waals surface area contributed by atoms with Gasteiger partial charge in [0, 0.05) is 18.2 Å². The zero-order valence-electron chi connectivity index (χ0n) is 17.7. The number of aromatic amines is 1. The van der Waals surface area contributed by atoms with E-state index >= 15 is 0 Å². The van der Waals surface area contributed by atoms with Crippen molar-refractivity contribution in [1.82, 2.24) is 9.97 Å². The van der Waals surface area contributed by atoms with E-state index in [-0.39, 0.29) is 33.7 Å². The van der Waals surface area contributed by atoms with Gasteiger partial charge in [0.1, 0.15) is 24.3 Å². The fraction of sp³-hybridized carbons (Fsp3) is 0.0833. The number of nitrogens with one attached hydrogen (secondary N) is 1. The molecule has 0 aliphatic rings. The van der Waals surface area contributed by atoms with E-state index in [0.29, 0.717) is 28.2 Å². The molecule has 1 heterocycles. The average molecular weight is 495 g/mol. The van der Waals surface area contributed by atoms with Crippen LogP contribution in [0.4, 0.5) is 5.69 Å². The molecule has 0 spiro atoms. The Morgan fingerprint density at radius 3 is 2.65 bits per heavy atom. The van der Waals surface area contributed by atoms with E-state index in [0.717, 1.165) is 5.52 Å². The van der Waals surface area contributed by atoms with E-state index in [9.17, 15) is 15.4 Å². The Hall–Kier alpha value is -4.06. The summed E-state index contributed by atoms with van der Waals surface area (Å²) >= 11 is 12.8. The number of halogens is 2. The number of methoxy groups -OCH3 is 1. The van der Waals surface area contributed by atoms with Crippen molar-refractivity contribution in [3.05, 3.63) is 91.7 Å². The molecule has 170 valence electrons. The lowest BCUT2D eigenvalue weighted by molar-refractivity contribution is -0.384. The highest BCUT2D eigenvalue weighted by Gasteiger charge is 2.13. The van der Waals surface area contributed by atoms with E-state index < -0.39 is 4.92 Å². The van der Waals surface area contributed by atoms with Gasteiger partial charge < -0.3 is 14.5 Å². The topological polar surface area (TPSA) is 114 Å². The van der Waals surface area contributed by atoms with Crippen LogP contribution in [-0.2, 0) is 6.61 Å². The summed E-state index contributed by atoms with van der Waals surface area (Å²) in [6.07, 6.45) is 1.61. The maximum Gasteiger partial charge on any atom is 0.269 e. The summed E-state index contributed by atoms with van der Waals surface area (Å²) in [5, 5.41) is 21.1. The van der Waals surface area contributed by atoms with Crippen molar-refractivity contribution >= 4 is 51.6 Å². The molecule has 4 aromatic rings. The summed E-state index contributed by atoms with van der Waals surface area (Å²) in [5.41, 5.74) is 2.85. The van der Waals surface area contributed by atoms with E-state index in [1.165, 1.54) is 12.1 Å². The number of nitro benzene ring substituents is 1. The zero-order valence-corrected chi connectivity index (χ0v) is 19.2. The van der Waals surface area contributed by atoms with E-state index in [1.807, 2.05) is 0 Å². The second-order valence-electron chi connectivity index (χ2n) is 7.17. The van der Waals surface area contributed by atoms with Crippen LogP contribution in [0, 0.1) is 21.4 Å². The van der Waals surface area contributed by atoms with Crippen molar-refractivity contribution in [3.63, 3.8) is 0 Å². The number of benzene rings is 3. The Balaban J connectivity index is 1.58. The van der Waals surface area contributed by atoms with Crippen molar-refractivity contribution in [2.24, 2.45) is 0 Å². The van der Waals surface area contributed by atoms with Crippen LogP contribution in [0.5, 0.6) is 11.5 Å². The Morgan fingerprint density at radius 1 is 1.21 bits per heavy atom. The van der Waals surface area contributed by atoms with Gasteiger partial charge in [0.2, 0.25) is 0 Å². The molecule has 0 aliphatic carbocycles.